The van der Waals surface area contributed by atoms with Crippen molar-refractivity contribution in [3.8, 4) is 0 Å². The van der Waals surface area contributed by atoms with Crippen LogP contribution >= 0.6 is 0 Å². The number of fused-ring (bicyclic) bond motifs is 1. The zero-order valence-electron chi connectivity index (χ0n) is 10.2. The molecule has 0 fully saturated rings. The van der Waals surface area contributed by atoms with E-state index in [1.807, 2.05) is 20.0 Å². The Morgan fingerprint density at radius 1 is 1.33 bits per heavy atom. The van der Waals surface area contributed by atoms with Gasteiger partial charge in [0.05, 0.1) is 0 Å². The van der Waals surface area contributed by atoms with E-state index in [0.29, 0.717) is 11.4 Å². The summed E-state index contributed by atoms with van der Waals surface area (Å²) >= 11 is 0. The van der Waals surface area contributed by atoms with E-state index in [0.717, 1.165) is 18.5 Å². The molecular formula is C12H21N3. The number of hydrogen-bond donors (Lipinski definition) is 1. The summed E-state index contributed by atoms with van der Waals surface area (Å²) in [5, 5.41) is 0. The predicted octanol–water partition coefficient (Wildman–Crippen LogP) is 2.60. The Morgan fingerprint density at radius 2 is 2.00 bits per heavy atom. The minimum absolute atomic E-state index is 0.395. The minimum Gasteiger partial charge on any atom is -0.368 e. The summed E-state index contributed by atoms with van der Waals surface area (Å²) in [6, 6.07) is 0. The molecule has 0 spiro atoms. The lowest BCUT2D eigenvalue weighted by Gasteiger charge is -2.30. The normalized spacial score (nSPS) is 17.3. The van der Waals surface area contributed by atoms with Crippen molar-refractivity contribution >= 4 is 5.95 Å². The third-order valence-electron chi connectivity index (χ3n) is 2.68. The molecule has 3 nitrogen and oxygen atoms in total. The van der Waals surface area contributed by atoms with Gasteiger partial charge in [-0.05, 0) is 30.2 Å². The molecule has 1 heterocycles. The molecule has 3 heteroatoms. The van der Waals surface area contributed by atoms with Crippen LogP contribution in [0, 0.1) is 5.41 Å². The van der Waals surface area contributed by atoms with Gasteiger partial charge in [-0.3, -0.25) is 0 Å². The van der Waals surface area contributed by atoms with Crippen molar-refractivity contribution in [3.63, 3.8) is 0 Å². The highest BCUT2D eigenvalue weighted by Crippen LogP contribution is 2.33. The number of aromatic nitrogens is 2. The number of nitrogen functional groups attached to an aromatic ring is 1. The van der Waals surface area contributed by atoms with Gasteiger partial charge in [0.1, 0.15) is 0 Å². The average molecular weight is 207 g/mol. The van der Waals surface area contributed by atoms with Gasteiger partial charge in [0, 0.05) is 11.9 Å². The lowest BCUT2D eigenvalue weighted by Crippen LogP contribution is -2.23. The highest BCUT2D eigenvalue weighted by molar-refractivity contribution is 5.28. The van der Waals surface area contributed by atoms with Crippen LogP contribution in [0.2, 0.25) is 0 Å². The molecule has 0 saturated carbocycles. The number of rotatable bonds is 0. The molecule has 0 saturated heterocycles. The van der Waals surface area contributed by atoms with E-state index in [9.17, 15) is 0 Å². The molecule has 1 aliphatic rings. The molecule has 0 atom stereocenters. The van der Waals surface area contributed by atoms with Crippen molar-refractivity contribution in [2.45, 2.75) is 47.0 Å². The lowest BCUT2D eigenvalue weighted by atomic mass is 9.76. The van der Waals surface area contributed by atoms with E-state index >= 15 is 0 Å². The van der Waals surface area contributed by atoms with E-state index in [2.05, 4.69) is 23.8 Å². The Hall–Kier alpha value is -1.12. The minimum atomic E-state index is 0.395. The molecule has 2 rings (SSSR count). The number of hydrogen-bond acceptors (Lipinski definition) is 3. The van der Waals surface area contributed by atoms with Gasteiger partial charge in [-0.15, -0.1) is 0 Å². The molecular weight excluding hydrogens is 186 g/mol. The van der Waals surface area contributed by atoms with E-state index in [1.54, 1.807) is 0 Å². The average Bonchev–Trinajstić information content (AvgIpc) is 2.21. The summed E-state index contributed by atoms with van der Waals surface area (Å²) in [6.45, 7) is 8.57. The van der Waals surface area contributed by atoms with E-state index in [1.165, 1.54) is 12.0 Å². The number of nitrogens with two attached hydrogens (primary N) is 1. The first kappa shape index (κ1) is 12.0. The maximum Gasteiger partial charge on any atom is 0.220 e. The van der Waals surface area contributed by atoms with Crippen molar-refractivity contribution in [2.75, 3.05) is 5.73 Å². The SMILES string of the molecule is CC.CC1(C)CCc2nc(N)ncc2C1. The van der Waals surface area contributed by atoms with E-state index in [4.69, 9.17) is 5.73 Å². The second kappa shape index (κ2) is 4.60. The van der Waals surface area contributed by atoms with Crippen LogP contribution in [0.5, 0.6) is 0 Å². The zero-order chi connectivity index (χ0) is 11.5. The molecule has 0 bridgehead atoms. The van der Waals surface area contributed by atoms with Crippen LogP contribution in [0.15, 0.2) is 6.20 Å². The van der Waals surface area contributed by atoms with Crippen LogP contribution in [0.25, 0.3) is 0 Å². The third kappa shape index (κ3) is 2.91. The first-order chi connectivity index (χ1) is 7.07. The molecule has 1 aromatic rings. The van der Waals surface area contributed by atoms with Crippen molar-refractivity contribution in [2.24, 2.45) is 5.41 Å². The fourth-order valence-electron chi connectivity index (χ4n) is 1.88. The molecule has 0 amide bonds. The molecule has 1 aliphatic carbocycles. The highest BCUT2D eigenvalue weighted by Gasteiger charge is 2.26. The molecule has 84 valence electrons. The summed E-state index contributed by atoms with van der Waals surface area (Å²) in [4.78, 5) is 8.27. The monoisotopic (exact) mass is 207 g/mol. The van der Waals surface area contributed by atoms with Crippen molar-refractivity contribution in [1.29, 1.82) is 0 Å². The lowest BCUT2D eigenvalue weighted by molar-refractivity contribution is 0.311. The van der Waals surface area contributed by atoms with Crippen LogP contribution in [0.3, 0.4) is 0 Å². The van der Waals surface area contributed by atoms with Crippen molar-refractivity contribution in [1.82, 2.24) is 9.97 Å². The third-order valence-corrected chi connectivity index (χ3v) is 2.68. The maximum absolute atomic E-state index is 5.53. The van der Waals surface area contributed by atoms with Gasteiger partial charge < -0.3 is 5.73 Å². The Morgan fingerprint density at radius 3 is 2.67 bits per heavy atom. The quantitative estimate of drug-likeness (QED) is 0.711. The van der Waals surface area contributed by atoms with Crippen LogP contribution in [-0.2, 0) is 12.8 Å². The van der Waals surface area contributed by atoms with E-state index < -0.39 is 0 Å². The van der Waals surface area contributed by atoms with Gasteiger partial charge in [0.25, 0.3) is 0 Å². The molecule has 2 N–H and O–H groups in total. The summed E-state index contributed by atoms with van der Waals surface area (Å²) in [5.41, 5.74) is 8.34. The first-order valence-electron chi connectivity index (χ1n) is 5.67. The Kier molecular flexibility index (Phi) is 3.66. The molecule has 0 radical (unpaired) electrons. The standard InChI is InChI=1S/C10H15N3.C2H6/c1-10(2)4-3-8-7(5-10)6-12-9(11)13-8;1-2/h6H,3-5H2,1-2H3,(H2,11,12,13);1-2H3. The zero-order valence-corrected chi connectivity index (χ0v) is 10.2. The fourth-order valence-corrected chi connectivity index (χ4v) is 1.88. The van der Waals surface area contributed by atoms with Gasteiger partial charge in [-0.1, -0.05) is 27.7 Å². The Bertz CT molecular complexity index is 332. The molecule has 15 heavy (non-hydrogen) atoms. The Labute approximate surface area is 92.1 Å². The topological polar surface area (TPSA) is 51.8 Å². The van der Waals surface area contributed by atoms with Crippen LogP contribution in [0.1, 0.15) is 45.4 Å². The van der Waals surface area contributed by atoms with Gasteiger partial charge >= 0.3 is 0 Å². The van der Waals surface area contributed by atoms with Crippen molar-refractivity contribution < 1.29 is 0 Å². The fraction of sp³-hybridized carbons (Fsp3) is 0.667. The Balaban J connectivity index is 0.000000531. The summed E-state index contributed by atoms with van der Waals surface area (Å²) in [5.74, 6) is 0.401. The maximum atomic E-state index is 5.53. The summed E-state index contributed by atoms with van der Waals surface area (Å²) in [7, 11) is 0. The summed E-state index contributed by atoms with van der Waals surface area (Å²) in [6.07, 6.45) is 5.17. The van der Waals surface area contributed by atoms with Gasteiger partial charge in [-0.2, -0.15) is 0 Å². The molecule has 0 aliphatic heterocycles. The highest BCUT2D eigenvalue weighted by atomic mass is 15.0. The summed E-state index contributed by atoms with van der Waals surface area (Å²) < 4.78 is 0. The first-order valence-corrected chi connectivity index (χ1v) is 5.67. The number of nitrogens with zero attached hydrogens (tertiary/aromatic N) is 2. The largest absolute Gasteiger partial charge is 0.368 e. The predicted molar refractivity (Wildman–Crippen MR) is 63.6 cm³/mol. The van der Waals surface area contributed by atoms with Crippen LogP contribution in [0.4, 0.5) is 5.95 Å². The smallest absolute Gasteiger partial charge is 0.220 e. The number of anilines is 1. The van der Waals surface area contributed by atoms with E-state index in [-0.39, 0.29) is 0 Å². The van der Waals surface area contributed by atoms with Crippen LogP contribution < -0.4 is 5.73 Å². The molecule has 0 unspecified atom stereocenters. The number of aryl methyl sites for hydroxylation is 1. The molecule has 1 aromatic heterocycles. The van der Waals surface area contributed by atoms with Gasteiger partial charge in [0.2, 0.25) is 5.95 Å². The van der Waals surface area contributed by atoms with Crippen LogP contribution in [-0.4, -0.2) is 9.97 Å². The van der Waals surface area contributed by atoms with Gasteiger partial charge in [0.15, 0.2) is 0 Å². The molecule has 0 aromatic carbocycles. The second-order valence-electron chi connectivity index (χ2n) is 4.54. The second-order valence-corrected chi connectivity index (χ2v) is 4.54. The van der Waals surface area contributed by atoms with Gasteiger partial charge in [-0.25, -0.2) is 9.97 Å². The van der Waals surface area contributed by atoms with Crippen molar-refractivity contribution in [3.05, 3.63) is 17.5 Å².